The molecule has 5 heteroatoms. The molecule has 0 unspecified atom stereocenters. The summed E-state index contributed by atoms with van der Waals surface area (Å²) in [4.78, 5) is 13.9. The van der Waals surface area contributed by atoms with Crippen LogP contribution < -0.4 is 15.4 Å². The Morgan fingerprint density at radius 3 is 2.36 bits per heavy atom. The third kappa shape index (κ3) is 2.62. The van der Waals surface area contributed by atoms with Crippen LogP contribution in [0.3, 0.4) is 0 Å². The SMILES string of the molecule is CCOc1ccc(N2C(=O)[C@H](N)[C@@H]2c2ccc(Br)cc2)cc1. The second-order valence-corrected chi connectivity index (χ2v) is 6.07. The van der Waals surface area contributed by atoms with E-state index in [2.05, 4.69) is 15.9 Å². The van der Waals surface area contributed by atoms with Gasteiger partial charge in [-0.25, -0.2) is 0 Å². The molecule has 0 spiro atoms. The quantitative estimate of drug-likeness (QED) is 0.851. The number of amides is 1. The van der Waals surface area contributed by atoms with E-state index in [-0.39, 0.29) is 11.9 Å². The highest BCUT2D eigenvalue weighted by molar-refractivity contribution is 9.10. The average molecular weight is 361 g/mol. The number of carbonyl (C=O) groups is 1. The fourth-order valence-corrected chi connectivity index (χ4v) is 2.95. The first kappa shape index (κ1) is 15.1. The van der Waals surface area contributed by atoms with Crippen molar-refractivity contribution < 1.29 is 9.53 Å². The Kier molecular flexibility index (Phi) is 4.18. The predicted octanol–water partition coefficient (Wildman–Crippen LogP) is 3.26. The Hall–Kier alpha value is -1.85. The van der Waals surface area contributed by atoms with Crippen LogP contribution in [0.1, 0.15) is 18.5 Å². The zero-order chi connectivity index (χ0) is 15.7. The summed E-state index contributed by atoms with van der Waals surface area (Å²) in [6.45, 7) is 2.56. The molecule has 1 amide bonds. The van der Waals surface area contributed by atoms with Crippen LogP contribution in [0.4, 0.5) is 5.69 Å². The zero-order valence-electron chi connectivity index (χ0n) is 12.2. The number of nitrogens with zero attached hydrogens (tertiary/aromatic N) is 1. The number of nitrogens with two attached hydrogens (primary N) is 1. The molecule has 1 fully saturated rings. The minimum absolute atomic E-state index is 0.0583. The van der Waals surface area contributed by atoms with Gasteiger partial charge in [-0.1, -0.05) is 28.1 Å². The van der Waals surface area contributed by atoms with Gasteiger partial charge < -0.3 is 15.4 Å². The van der Waals surface area contributed by atoms with Crippen molar-refractivity contribution >= 4 is 27.5 Å². The first-order chi connectivity index (χ1) is 10.6. The van der Waals surface area contributed by atoms with E-state index in [0.717, 1.165) is 21.5 Å². The summed E-state index contributed by atoms with van der Waals surface area (Å²) in [5, 5.41) is 0. The fraction of sp³-hybridized carbons (Fsp3) is 0.235. The molecule has 0 bridgehead atoms. The molecular weight excluding hydrogens is 344 g/mol. The van der Waals surface area contributed by atoms with Crippen molar-refractivity contribution in [3.05, 3.63) is 58.6 Å². The van der Waals surface area contributed by atoms with Gasteiger partial charge in [-0.05, 0) is 48.9 Å². The average Bonchev–Trinajstić information content (AvgIpc) is 2.54. The largest absolute Gasteiger partial charge is 0.494 e. The molecule has 1 aliphatic heterocycles. The number of hydrogen-bond acceptors (Lipinski definition) is 3. The van der Waals surface area contributed by atoms with E-state index in [1.54, 1.807) is 4.90 Å². The Morgan fingerprint density at radius 2 is 1.77 bits per heavy atom. The first-order valence-corrected chi connectivity index (χ1v) is 7.98. The lowest BCUT2D eigenvalue weighted by molar-refractivity contribution is -0.126. The highest BCUT2D eigenvalue weighted by Crippen LogP contribution is 2.38. The van der Waals surface area contributed by atoms with Crippen molar-refractivity contribution in [2.24, 2.45) is 5.73 Å². The maximum Gasteiger partial charge on any atom is 0.247 e. The van der Waals surface area contributed by atoms with E-state index in [1.165, 1.54) is 0 Å². The van der Waals surface area contributed by atoms with Crippen LogP contribution in [0, 0.1) is 0 Å². The van der Waals surface area contributed by atoms with Gasteiger partial charge in [0, 0.05) is 10.2 Å². The molecule has 0 radical (unpaired) electrons. The van der Waals surface area contributed by atoms with E-state index >= 15 is 0 Å². The number of ether oxygens (including phenoxy) is 1. The maximum absolute atomic E-state index is 12.2. The smallest absolute Gasteiger partial charge is 0.247 e. The van der Waals surface area contributed by atoms with E-state index in [0.29, 0.717) is 6.61 Å². The van der Waals surface area contributed by atoms with Crippen LogP contribution in [0.2, 0.25) is 0 Å². The Morgan fingerprint density at radius 1 is 1.14 bits per heavy atom. The van der Waals surface area contributed by atoms with Crippen molar-refractivity contribution in [2.45, 2.75) is 19.0 Å². The third-order valence-electron chi connectivity index (χ3n) is 3.78. The molecule has 2 atom stereocenters. The standard InChI is InChI=1S/C17H17BrN2O2/c1-2-22-14-9-7-13(8-10-14)20-16(15(19)17(20)21)11-3-5-12(18)6-4-11/h3-10,15-16H,2,19H2,1H3/t15-,16+/m1/s1. The number of rotatable bonds is 4. The Balaban J connectivity index is 1.87. The van der Waals surface area contributed by atoms with Gasteiger partial charge in [0.2, 0.25) is 5.91 Å². The minimum atomic E-state index is -0.493. The van der Waals surface area contributed by atoms with E-state index in [1.807, 2.05) is 55.5 Å². The summed E-state index contributed by atoms with van der Waals surface area (Å²) in [7, 11) is 0. The molecule has 2 N–H and O–H groups in total. The minimum Gasteiger partial charge on any atom is -0.494 e. The second-order valence-electron chi connectivity index (χ2n) is 5.16. The summed E-state index contributed by atoms with van der Waals surface area (Å²) in [5.41, 5.74) is 7.88. The van der Waals surface area contributed by atoms with Gasteiger partial charge in [0.1, 0.15) is 11.8 Å². The van der Waals surface area contributed by atoms with Crippen molar-refractivity contribution in [1.82, 2.24) is 0 Å². The molecule has 3 rings (SSSR count). The van der Waals surface area contributed by atoms with Gasteiger partial charge in [-0.15, -0.1) is 0 Å². The van der Waals surface area contributed by atoms with E-state index in [4.69, 9.17) is 10.5 Å². The highest BCUT2D eigenvalue weighted by Gasteiger charge is 2.46. The normalized spacial score (nSPS) is 20.7. The summed E-state index contributed by atoms with van der Waals surface area (Å²) >= 11 is 3.42. The van der Waals surface area contributed by atoms with Crippen LogP contribution in [-0.2, 0) is 4.79 Å². The summed E-state index contributed by atoms with van der Waals surface area (Å²) in [5.74, 6) is 0.737. The molecular formula is C17H17BrN2O2. The Labute approximate surface area is 138 Å². The van der Waals surface area contributed by atoms with E-state index in [9.17, 15) is 4.79 Å². The van der Waals surface area contributed by atoms with Gasteiger partial charge in [-0.3, -0.25) is 4.79 Å². The summed E-state index contributed by atoms with van der Waals surface area (Å²) < 4.78 is 6.43. The fourth-order valence-electron chi connectivity index (χ4n) is 2.69. The lowest BCUT2D eigenvalue weighted by Crippen LogP contribution is -2.63. The van der Waals surface area contributed by atoms with Crippen LogP contribution in [0.15, 0.2) is 53.0 Å². The lowest BCUT2D eigenvalue weighted by Gasteiger charge is -2.45. The van der Waals surface area contributed by atoms with Gasteiger partial charge >= 0.3 is 0 Å². The van der Waals surface area contributed by atoms with Gasteiger partial charge in [0.25, 0.3) is 0 Å². The molecule has 0 aromatic heterocycles. The highest BCUT2D eigenvalue weighted by atomic mass is 79.9. The molecule has 1 aliphatic rings. The molecule has 1 heterocycles. The van der Waals surface area contributed by atoms with Crippen LogP contribution in [0.25, 0.3) is 0 Å². The molecule has 2 aromatic carbocycles. The van der Waals surface area contributed by atoms with Crippen molar-refractivity contribution in [3.8, 4) is 5.75 Å². The molecule has 0 aliphatic carbocycles. The van der Waals surface area contributed by atoms with Gasteiger partial charge in [-0.2, -0.15) is 0 Å². The predicted molar refractivity (Wildman–Crippen MR) is 90.0 cm³/mol. The number of benzene rings is 2. The molecule has 4 nitrogen and oxygen atoms in total. The number of β-lactam (4-membered cyclic amide) rings is 1. The number of halogens is 1. The number of carbonyl (C=O) groups excluding carboxylic acids is 1. The maximum atomic E-state index is 12.2. The Bertz CT molecular complexity index is 670. The van der Waals surface area contributed by atoms with Crippen molar-refractivity contribution in [3.63, 3.8) is 0 Å². The molecule has 0 saturated carbocycles. The molecule has 22 heavy (non-hydrogen) atoms. The zero-order valence-corrected chi connectivity index (χ0v) is 13.8. The number of anilines is 1. The van der Waals surface area contributed by atoms with Crippen molar-refractivity contribution in [2.75, 3.05) is 11.5 Å². The molecule has 1 saturated heterocycles. The molecule has 2 aromatic rings. The molecule has 114 valence electrons. The van der Waals surface area contributed by atoms with Crippen LogP contribution in [-0.4, -0.2) is 18.6 Å². The topological polar surface area (TPSA) is 55.6 Å². The van der Waals surface area contributed by atoms with Crippen LogP contribution in [0.5, 0.6) is 5.75 Å². The number of hydrogen-bond donors (Lipinski definition) is 1. The van der Waals surface area contributed by atoms with Crippen molar-refractivity contribution in [1.29, 1.82) is 0 Å². The van der Waals surface area contributed by atoms with Crippen LogP contribution >= 0.6 is 15.9 Å². The van der Waals surface area contributed by atoms with E-state index < -0.39 is 6.04 Å². The van der Waals surface area contributed by atoms with Gasteiger partial charge in [0.05, 0.1) is 12.6 Å². The monoisotopic (exact) mass is 360 g/mol. The van der Waals surface area contributed by atoms with Gasteiger partial charge in [0.15, 0.2) is 0 Å². The first-order valence-electron chi connectivity index (χ1n) is 7.19. The second kappa shape index (κ2) is 6.10. The lowest BCUT2D eigenvalue weighted by atomic mass is 9.88. The summed E-state index contributed by atoms with van der Waals surface area (Å²) in [6, 6.07) is 14.8. The summed E-state index contributed by atoms with van der Waals surface area (Å²) in [6.07, 6.45) is 0. The third-order valence-corrected chi connectivity index (χ3v) is 4.31.